The van der Waals surface area contributed by atoms with Gasteiger partial charge in [0.25, 0.3) is 5.91 Å². The molecule has 2 aromatic carbocycles. The predicted octanol–water partition coefficient (Wildman–Crippen LogP) is 3.67. The van der Waals surface area contributed by atoms with Crippen LogP contribution in [0.4, 0.5) is 17.1 Å². The van der Waals surface area contributed by atoms with Gasteiger partial charge in [0.1, 0.15) is 0 Å². The maximum Gasteiger partial charge on any atom is 0.255 e. The Hall–Kier alpha value is -2.82. The average Bonchev–Trinajstić information content (AvgIpc) is 3.02. The quantitative estimate of drug-likeness (QED) is 0.889. The Morgan fingerprint density at radius 3 is 2.58 bits per heavy atom. The van der Waals surface area contributed by atoms with Crippen molar-refractivity contribution < 1.29 is 9.59 Å². The van der Waals surface area contributed by atoms with Crippen molar-refractivity contribution >= 4 is 28.9 Å². The summed E-state index contributed by atoms with van der Waals surface area (Å²) in [5, 5.41) is 5.71. The van der Waals surface area contributed by atoms with E-state index in [2.05, 4.69) is 34.6 Å². The molecule has 1 fully saturated rings. The Morgan fingerprint density at radius 1 is 1.12 bits per heavy atom. The molecule has 2 aromatic rings. The third-order valence-electron chi connectivity index (χ3n) is 5.27. The smallest absolute Gasteiger partial charge is 0.255 e. The van der Waals surface area contributed by atoms with E-state index in [1.807, 2.05) is 12.1 Å². The number of benzene rings is 2. The summed E-state index contributed by atoms with van der Waals surface area (Å²) in [6, 6.07) is 13.3. The summed E-state index contributed by atoms with van der Waals surface area (Å²) in [7, 11) is 0. The Kier molecular flexibility index (Phi) is 4.37. The van der Waals surface area contributed by atoms with Crippen LogP contribution < -0.4 is 15.5 Å². The van der Waals surface area contributed by atoms with Crippen molar-refractivity contribution in [1.82, 2.24) is 0 Å². The van der Waals surface area contributed by atoms with Crippen molar-refractivity contribution in [2.75, 3.05) is 28.6 Å². The van der Waals surface area contributed by atoms with Crippen molar-refractivity contribution in [3.8, 4) is 0 Å². The number of carbonyl (C=O) groups excluding carboxylic acids is 2. The highest BCUT2D eigenvalue weighted by Crippen LogP contribution is 2.26. The van der Waals surface area contributed by atoms with Crippen molar-refractivity contribution in [2.45, 2.75) is 26.2 Å². The summed E-state index contributed by atoms with van der Waals surface area (Å²) in [4.78, 5) is 26.3. The summed E-state index contributed by atoms with van der Waals surface area (Å²) in [6.45, 7) is 4.49. The zero-order valence-corrected chi connectivity index (χ0v) is 14.9. The lowest BCUT2D eigenvalue weighted by atomic mass is 9.99. The number of piperidine rings is 1. The van der Waals surface area contributed by atoms with Crippen molar-refractivity contribution in [1.29, 1.82) is 0 Å². The van der Waals surface area contributed by atoms with Gasteiger partial charge in [-0.05, 0) is 66.8 Å². The van der Waals surface area contributed by atoms with E-state index in [4.69, 9.17) is 0 Å². The van der Waals surface area contributed by atoms with E-state index in [0.717, 1.165) is 35.9 Å². The molecule has 2 aliphatic heterocycles. The van der Waals surface area contributed by atoms with Crippen molar-refractivity contribution in [2.24, 2.45) is 5.92 Å². The van der Waals surface area contributed by atoms with Gasteiger partial charge < -0.3 is 15.5 Å². The number of nitrogens with zero attached hydrogens (tertiary/aromatic N) is 1. The number of fused-ring (bicyclic) bond motifs is 1. The number of amides is 2. The second-order valence-electron chi connectivity index (χ2n) is 7.27. The summed E-state index contributed by atoms with van der Waals surface area (Å²) in [5.74, 6) is 0.620. The predicted molar refractivity (Wildman–Crippen MR) is 104 cm³/mol. The molecule has 26 heavy (non-hydrogen) atoms. The molecule has 0 radical (unpaired) electrons. The first kappa shape index (κ1) is 16.6. The highest BCUT2D eigenvalue weighted by molar-refractivity contribution is 6.06. The standard InChI is InChI=1S/C21H23N3O2/c1-14-8-10-24(11-9-14)18-5-3-17(4-6-18)22-21(26)15-2-7-19-16(12-15)13-20(25)23-19/h2-7,12,14H,8-11,13H2,1H3,(H,22,26)(H,23,25). The van der Waals surface area contributed by atoms with E-state index >= 15 is 0 Å². The molecular weight excluding hydrogens is 326 g/mol. The van der Waals surface area contributed by atoms with Gasteiger partial charge in [-0.25, -0.2) is 0 Å². The van der Waals surface area contributed by atoms with Gasteiger partial charge in [-0.3, -0.25) is 9.59 Å². The molecule has 2 aliphatic rings. The molecule has 0 spiro atoms. The molecular formula is C21H23N3O2. The third kappa shape index (κ3) is 3.43. The van der Waals surface area contributed by atoms with Crippen LogP contribution in [-0.4, -0.2) is 24.9 Å². The topological polar surface area (TPSA) is 61.4 Å². The molecule has 0 aromatic heterocycles. The zero-order valence-electron chi connectivity index (χ0n) is 14.9. The Morgan fingerprint density at radius 2 is 1.85 bits per heavy atom. The van der Waals surface area contributed by atoms with Gasteiger partial charge in [-0.15, -0.1) is 0 Å². The first-order valence-electron chi connectivity index (χ1n) is 9.17. The lowest BCUT2D eigenvalue weighted by Gasteiger charge is -2.32. The molecule has 0 atom stereocenters. The fourth-order valence-electron chi connectivity index (χ4n) is 3.60. The maximum atomic E-state index is 12.5. The van der Waals surface area contributed by atoms with E-state index in [1.165, 1.54) is 18.5 Å². The highest BCUT2D eigenvalue weighted by Gasteiger charge is 2.19. The largest absolute Gasteiger partial charge is 0.372 e. The molecule has 4 rings (SSSR count). The molecule has 0 saturated carbocycles. The number of nitrogens with one attached hydrogen (secondary N) is 2. The number of carbonyl (C=O) groups is 2. The second kappa shape index (κ2) is 6.83. The van der Waals surface area contributed by atoms with Gasteiger partial charge in [0, 0.05) is 35.7 Å². The number of anilines is 3. The lowest BCUT2D eigenvalue weighted by Crippen LogP contribution is -2.32. The summed E-state index contributed by atoms with van der Waals surface area (Å²) >= 11 is 0. The van der Waals surface area contributed by atoms with Crippen LogP contribution >= 0.6 is 0 Å². The number of rotatable bonds is 3. The fraction of sp³-hybridized carbons (Fsp3) is 0.333. The molecule has 0 bridgehead atoms. The molecule has 1 saturated heterocycles. The van der Waals surface area contributed by atoms with Gasteiger partial charge in [-0.2, -0.15) is 0 Å². The minimum Gasteiger partial charge on any atom is -0.372 e. The highest BCUT2D eigenvalue weighted by atomic mass is 16.2. The minimum atomic E-state index is -0.160. The van der Waals surface area contributed by atoms with Crippen LogP contribution in [0.25, 0.3) is 0 Å². The van der Waals surface area contributed by atoms with Crippen LogP contribution in [-0.2, 0) is 11.2 Å². The number of hydrogen-bond donors (Lipinski definition) is 2. The molecule has 5 nitrogen and oxygen atoms in total. The van der Waals surface area contributed by atoms with Crippen molar-refractivity contribution in [3.05, 3.63) is 53.6 Å². The summed E-state index contributed by atoms with van der Waals surface area (Å²) in [5.41, 5.74) is 4.22. The van der Waals surface area contributed by atoms with Crippen molar-refractivity contribution in [3.63, 3.8) is 0 Å². The fourth-order valence-corrected chi connectivity index (χ4v) is 3.60. The van der Waals surface area contributed by atoms with Gasteiger partial charge in [0.15, 0.2) is 0 Å². The Balaban J connectivity index is 1.42. The number of hydrogen-bond acceptors (Lipinski definition) is 3. The molecule has 0 unspecified atom stereocenters. The van der Waals surface area contributed by atoms with E-state index in [0.29, 0.717) is 12.0 Å². The molecule has 2 heterocycles. The average molecular weight is 349 g/mol. The molecule has 0 aliphatic carbocycles. The second-order valence-corrected chi connectivity index (χ2v) is 7.27. The maximum absolute atomic E-state index is 12.5. The summed E-state index contributed by atoms with van der Waals surface area (Å²) in [6.07, 6.45) is 2.79. The third-order valence-corrected chi connectivity index (χ3v) is 5.27. The van der Waals surface area contributed by atoms with Gasteiger partial charge >= 0.3 is 0 Å². The van der Waals surface area contributed by atoms with Crippen LogP contribution in [0.15, 0.2) is 42.5 Å². The van der Waals surface area contributed by atoms with Gasteiger partial charge in [0.2, 0.25) is 5.91 Å². The first-order valence-corrected chi connectivity index (χ1v) is 9.17. The molecule has 2 N–H and O–H groups in total. The van der Waals surface area contributed by atoms with E-state index in [1.54, 1.807) is 18.2 Å². The molecule has 2 amide bonds. The lowest BCUT2D eigenvalue weighted by molar-refractivity contribution is -0.115. The minimum absolute atomic E-state index is 0.0275. The zero-order chi connectivity index (χ0) is 18.1. The monoisotopic (exact) mass is 349 g/mol. The normalized spacial score (nSPS) is 17.0. The summed E-state index contributed by atoms with van der Waals surface area (Å²) < 4.78 is 0. The van der Waals surface area contributed by atoms with Crippen LogP contribution in [0.3, 0.4) is 0 Å². The van der Waals surface area contributed by atoms with Gasteiger partial charge in [-0.1, -0.05) is 6.92 Å². The van der Waals surface area contributed by atoms with E-state index < -0.39 is 0 Å². The SMILES string of the molecule is CC1CCN(c2ccc(NC(=O)c3ccc4c(c3)CC(=O)N4)cc2)CC1. The Bertz CT molecular complexity index is 837. The van der Waals surface area contributed by atoms with E-state index in [-0.39, 0.29) is 11.8 Å². The van der Waals surface area contributed by atoms with Crippen LogP contribution in [0, 0.1) is 5.92 Å². The van der Waals surface area contributed by atoms with Crippen LogP contribution in [0.1, 0.15) is 35.7 Å². The van der Waals surface area contributed by atoms with Gasteiger partial charge in [0.05, 0.1) is 6.42 Å². The molecule has 134 valence electrons. The van der Waals surface area contributed by atoms with Crippen LogP contribution in [0.5, 0.6) is 0 Å². The molecule has 5 heteroatoms. The van der Waals surface area contributed by atoms with Crippen LogP contribution in [0.2, 0.25) is 0 Å². The first-order chi connectivity index (χ1) is 12.6. The van der Waals surface area contributed by atoms with E-state index in [9.17, 15) is 9.59 Å². The Labute approximate surface area is 153 Å².